The summed E-state index contributed by atoms with van der Waals surface area (Å²) in [6.07, 6.45) is 24.9. The van der Waals surface area contributed by atoms with Crippen molar-refractivity contribution in [2.24, 2.45) is 11.8 Å². The van der Waals surface area contributed by atoms with E-state index in [1.165, 1.54) is 107 Å². The van der Waals surface area contributed by atoms with Gasteiger partial charge in [-0.25, -0.2) is 32.3 Å². The number of hydrogen-bond acceptors (Lipinski definition) is 12. The third-order valence-electron chi connectivity index (χ3n) is 16.7. The van der Waals surface area contributed by atoms with E-state index in [0.717, 1.165) is 108 Å². The molecule has 4 aromatic rings. The normalized spacial score (nSPS) is 22.0. The first-order valence-electron chi connectivity index (χ1n) is 27.9. The van der Waals surface area contributed by atoms with Gasteiger partial charge < -0.3 is 20.1 Å². The largest absolute Gasteiger partial charge is 0.419 e. The number of aryl methyl sites for hydroxylation is 4. The Morgan fingerprint density at radius 1 is 0.658 bits per heavy atom. The van der Waals surface area contributed by atoms with Gasteiger partial charge in [0.1, 0.15) is 5.69 Å². The highest BCUT2D eigenvalue weighted by Crippen LogP contribution is 2.41. The van der Waals surface area contributed by atoms with Gasteiger partial charge in [0.2, 0.25) is 5.95 Å². The van der Waals surface area contributed by atoms with Crippen LogP contribution >= 0.6 is 0 Å². The Labute approximate surface area is 435 Å². The number of likely N-dealkylation sites (tertiary alicyclic amines) is 1. The zero-order chi connectivity index (χ0) is 50.7. The van der Waals surface area contributed by atoms with E-state index in [-0.39, 0.29) is 29.6 Å². The van der Waals surface area contributed by atoms with Gasteiger partial charge in [0.15, 0.2) is 6.73 Å². The van der Waals surface area contributed by atoms with Crippen LogP contribution in [0.1, 0.15) is 128 Å². The van der Waals surface area contributed by atoms with Crippen molar-refractivity contribution in [3.05, 3.63) is 56.6 Å². The number of sulfonamides is 2. The molecule has 2 aromatic heterocycles. The molecule has 400 valence electrons. The van der Waals surface area contributed by atoms with Crippen LogP contribution in [0.2, 0.25) is 25.7 Å². The summed E-state index contributed by atoms with van der Waals surface area (Å²) in [4.78, 5) is 11.4. The molecule has 5 aliphatic carbocycles. The molecule has 0 amide bonds. The number of hydrogen-bond donors (Lipinski definition) is 5. The first-order chi connectivity index (χ1) is 35.2. The minimum Gasteiger partial charge on any atom is -0.396 e. The summed E-state index contributed by atoms with van der Waals surface area (Å²) in [5.41, 5.74) is 13.3. The molecule has 0 radical (unpaired) electrons. The van der Waals surface area contributed by atoms with Gasteiger partial charge in [0.25, 0.3) is 25.2 Å². The van der Waals surface area contributed by atoms with Gasteiger partial charge in [0, 0.05) is 59.7 Å². The van der Waals surface area contributed by atoms with Crippen LogP contribution in [0.3, 0.4) is 0 Å². The Kier molecular flexibility index (Phi) is 16.5. The molecule has 0 bridgehead atoms. The van der Waals surface area contributed by atoms with Crippen LogP contribution in [0, 0.1) is 11.8 Å². The number of nitrogens with one attached hydrogen (secondary N) is 4. The van der Waals surface area contributed by atoms with Crippen LogP contribution in [0.5, 0.6) is 0 Å². The van der Waals surface area contributed by atoms with Gasteiger partial charge in [-0.05, 0) is 183 Å². The van der Waals surface area contributed by atoms with Crippen molar-refractivity contribution in [1.82, 2.24) is 38.8 Å². The van der Waals surface area contributed by atoms with E-state index in [1.54, 1.807) is 8.99 Å². The smallest absolute Gasteiger partial charge is 0.396 e. The maximum absolute atomic E-state index is 13.4. The van der Waals surface area contributed by atoms with Gasteiger partial charge in [0.05, 0.1) is 0 Å². The Balaban J connectivity index is 0.000000153. The van der Waals surface area contributed by atoms with Gasteiger partial charge >= 0.3 is 11.1 Å². The SMILES string of the molecule is C1CCCC1.C[Si](C)(C)CCOC[n+]1[nH]c(S(=O)(=O)N2CC[C@H](CO)C2)nc1Nc1c2c(cc3c1CCC3)CCC2.O=S(=O)(c1nc(Nc2c3c(cc4c2CCC4)CCC3)n[nH]1)N1CC[C@H](CN2CCCC2)C1. The summed E-state index contributed by atoms with van der Waals surface area (Å²) in [5, 5.41) is 26.3. The summed E-state index contributed by atoms with van der Waals surface area (Å²) < 4.78 is 63.9. The van der Waals surface area contributed by atoms with Gasteiger partial charge in [-0.2, -0.15) is 13.6 Å². The second-order valence-electron chi connectivity index (χ2n) is 23.3. The zero-order valence-electron chi connectivity index (χ0n) is 43.9. The lowest BCUT2D eigenvalue weighted by Crippen LogP contribution is -2.41. The highest BCUT2D eigenvalue weighted by molar-refractivity contribution is 7.89. The van der Waals surface area contributed by atoms with E-state index in [9.17, 15) is 21.9 Å². The first-order valence-corrected chi connectivity index (χ1v) is 34.5. The fraction of sp³-hybridized carbons (Fsp3) is 0.698. The monoisotopic (exact) mass is 1060 g/mol. The van der Waals surface area contributed by atoms with Gasteiger partial charge in [-0.3, -0.25) is 0 Å². The molecule has 5 heterocycles. The van der Waals surface area contributed by atoms with Crippen molar-refractivity contribution in [2.45, 2.75) is 178 Å². The van der Waals surface area contributed by atoms with E-state index < -0.39 is 28.1 Å². The van der Waals surface area contributed by atoms with Crippen LogP contribution < -0.4 is 15.3 Å². The highest BCUT2D eigenvalue weighted by Gasteiger charge is 2.40. The second-order valence-corrected chi connectivity index (χ2v) is 32.6. The molecule has 20 heteroatoms. The number of ether oxygens (including phenoxy) is 1. The Bertz CT molecular complexity index is 2730. The number of rotatable bonds is 16. The lowest BCUT2D eigenvalue weighted by Gasteiger charge is -2.20. The van der Waals surface area contributed by atoms with Crippen molar-refractivity contribution in [3.63, 3.8) is 0 Å². The molecule has 3 saturated heterocycles. The molecule has 0 unspecified atom stereocenters. The molecule has 12 rings (SSSR count). The van der Waals surface area contributed by atoms with E-state index in [1.807, 2.05) is 0 Å². The van der Waals surface area contributed by atoms with Crippen molar-refractivity contribution in [1.29, 1.82) is 0 Å². The molecular formula is C53H82N11O6S2Si+. The molecule has 1 saturated carbocycles. The number of benzene rings is 2. The van der Waals surface area contributed by atoms with Crippen LogP contribution in [-0.2, 0) is 82.9 Å². The van der Waals surface area contributed by atoms with Crippen LogP contribution in [0.4, 0.5) is 23.3 Å². The number of nitrogens with zero attached hydrogens (tertiary/aromatic N) is 7. The van der Waals surface area contributed by atoms with E-state index in [2.05, 4.69) is 72.6 Å². The fourth-order valence-electron chi connectivity index (χ4n) is 12.6. The Morgan fingerprint density at radius 3 is 1.68 bits per heavy atom. The molecule has 2 atom stereocenters. The minimum absolute atomic E-state index is 0.00780. The average Bonchev–Trinajstić information content (AvgIpc) is 4.22. The summed E-state index contributed by atoms with van der Waals surface area (Å²) in [7, 11) is -8.71. The predicted molar refractivity (Wildman–Crippen MR) is 286 cm³/mol. The summed E-state index contributed by atoms with van der Waals surface area (Å²) >= 11 is 0. The Hall–Kier alpha value is -3.76. The Morgan fingerprint density at radius 2 is 1.16 bits per heavy atom. The standard InChI is InChI=1S/C25H39N5O4SSi.C23H32N6O2S.C5H10/c1-36(2,3)13-12-34-17-30-24(27-25(28-30)35(32,33)29-11-10-18(15-29)16-31)26-23-21-8-4-6-19(21)14-20-7-5-9-22(20)23;30-32(31,29-12-9-16(15-29)14-28-10-1-2-11-28)23-25-22(26-27-23)24-21-19-7-3-5-17(19)13-18-6-4-8-20(18)21;1-2-4-5-3-1/h14,18,31H,4-13,15-17H2,1-3H3,(H,26,27,28);13,16H,1-12,14-15H2,(H2,24,25,26,27);1-5H2/p+1/t18-;16-;/m01./s1. The maximum atomic E-state index is 13.4. The first kappa shape index (κ1) is 52.7. The van der Waals surface area contributed by atoms with E-state index in [0.29, 0.717) is 57.0 Å². The number of fused-ring (bicyclic) bond motifs is 4. The highest BCUT2D eigenvalue weighted by atomic mass is 32.2. The topological polar surface area (TPSA) is 206 Å². The molecule has 3 aliphatic heterocycles. The van der Waals surface area contributed by atoms with Gasteiger partial charge in [-0.15, -0.1) is 9.78 Å². The number of anilines is 4. The van der Waals surface area contributed by atoms with Crippen molar-refractivity contribution in [2.75, 3.05) is 69.7 Å². The lowest BCUT2D eigenvalue weighted by molar-refractivity contribution is -0.772. The summed E-state index contributed by atoms with van der Waals surface area (Å²) in [6.45, 7) is 12.9. The molecule has 17 nitrogen and oxygen atoms in total. The minimum atomic E-state index is -3.81. The van der Waals surface area contributed by atoms with Crippen LogP contribution in [0.15, 0.2) is 22.4 Å². The summed E-state index contributed by atoms with van der Waals surface area (Å²) in [6, 6.07) is 5.80. The number of H-pyrrole nitrogens is 2. The number of aliphatic hydroxyl groups is 1. The zero-order valence-corrected chi connectivity index (χ0v) is 46.5. The van der Waals surface area contributed by atoms with E-state index >= 15 is 0 Å². The average molecular weight is 1060 g/mol. The molecule has 4 fully saturated rings. The molecule has 0 spiro atoms. The maximum Gasteiger partial charge on any atom is 0.419 e. The van der Waals surface area contributed by atoms with Crippen molar-refractivity contribution in [3.8, 4) is 0 Å². The molecule has 8 aliphatic rings. The van der Waals surface area contributed by atoms with Gasteiger partial charge in [-0.1, -0.05) is 63.9 Å². The second kappa shape index (κ2) is 22.8. The molecule has 5 N–H and O–H groups in total. The lowest BCUT2D eigenvalue weighted by atomic mass is 9.99. The van der Waals surface area contributed by atoms with Crippen molar-refractivity contribution < 1.29 is 31.4 Å². The number of aromatic amines is 2. The van der Waals surface area contributed by atoms with Crippen LogP contribution in [0.25, 0.3) is 0 Å². The quantitative estimate of drug-likeness (QED) is 0.0426. The van der Waals surface area contributed by atoms with Crippen molar-refractivity contribution >= 4 is 51.4 Å². The van der Waals surface area contributed by atoms with E-state index in [4.69, 9.17) is 4.74 Å². The molecule has 2 aromatic carbocycles. The number of aromatic nitrogens is 6. The summed E-state index contributed by atoms with van der Waals surface area (Å²) in [5.74, 6) is 1.19. The molecule has 73 heavy (non-hydrogen) atoms. The number of aliphatic hydroxyl groups excluding tert-OH is 1. The molecular weight excluding hydrogens is 979 g/mol. The third-order valence-corrected chi connectivity index (χ3v) is 21.8. The third kappa shape index (κ3) is 12.1. The predicted octanol–water partition coefficient (Wildman–Crippen LogP) is 7.32. The fourth-order valence-corrected chi connectivity index (χ4v) is 16.1. The van der Waals surface area contributed by atoms with Crippen LogP contribution in [-0.4, -0.2) is 128 Å².